The normalized spacial score (nSPS) is 10.5. The molecular formula is C17H16FN3O3. The van der Waals surface area contributed by atoms with E-state index in [1.807, 2.05) is 48.5 Å². The van der Waals surface area contributed by atoms with Crippen LogP contribution in [0.25, 0.3) is 17.1 Å². The van der Waals surface area contributed by atoms with Gasteiger partial charge in [0.2, 0.25) is 6.86 Å². The van der Waals surface area contributed by atoms with Gasteiger partial charge in [0, 0.05) is 5.56 Å². The van der Waals surface area contributed by atoms with Crippen LogP contribution in [0.1, 0.15) is 0 Å². The predicted molar refractivity (Wildman–Crippen MR) is 86.5 cm³/mol. The van der Waals surface area contributed by atoms with Crippen molar-refractivity contribution in [3.8, 4) is 34.6 Å². The number of methoxy groups -OCH3 is 2. The summed E-state index contributed by atoms with van der Waals surface area (Å²) in [6.45, 7) is -0.991. The van der Waals surface area contributed by atoms with Crippen molar-refractivity contribution in [2.45, 2.75) is 0 Å². The Bertz CT molecular complexity index is 736. The number of nitrogens with zero attached hydrogens (tertiary/aromatic N) is 3. The van der Waals surface area contributed by atoms with Gasteiger partial charge in [-0.25, -0.2) is 9.07 Å². The molecule has 2 aromatic carbocycles. The quantitative estimate of drug-likeness (QED) is 0.695. The molecule has 124 valence electrons. The Hall–Kier alpha value is -3.09. The molecule has 0 fully saturated rings. The van der Waals surface area contributed by atoms with Crippen LogP contribution in [0.5, 0.6) is 17.5 Å². The number of benzene rings is 2. The van der Waals surface area contributed by atoms with Gasteiger partial charge in [-0.05, 0) is 48.5 Å². The highest BCUT2D eigenvalue weighted by molar-refractivity contribution is 5.59. The lowest BCUT2D eigenvalue weighted by atomic mass is 10.2. The lowest BCUT2D eigenvalue weighted by Crippen LogP contribution is -2.00. The summed E-state index contributed by atoms with van der Waals surface area (Å²) in [7, 11) is 3.20. The minimum atomic E-state index is -0.991. The van der Waals surface area contributed by atoms with Gasteiger partial charge in [0.15, 0.2) is 5.82 Å². The monoisotopic (exact) mass is 329 g/mol. The summed E-state index contributed by atoms with van der Waals surface area (Å²) in [5, 5.41) is 4.22. The lowest BCUT2D eigenvalue weighted by Gasteiger charge is -2.07. The van der Waals surface area contributed by atoms with E-state index in [1.54, 1.807) is 18.9 Å². The Balaban J connectivity index is 2.05. The second-order valence-corrected chi connectivity index (χ2v) is 4.81. The first-order chi connectivity index (χ1) is 11.7. The zero-order chi connectivity index (χ0) is 16.9. The predicted octanol–water partition coefficient (Wildman–Crippen LogP) is 3.26. The zero-order valence-corrected chi connectivity index (χ0v) is 13.3. The van der Waals surface area contributed by atoms with Crippen LogP contribution in [-0.4, -0.2) is 35.8 Å². The molecule has 3 rings (SSSR count). The Kier molecular flexibility index (Phi) is 4.60. The van der Waals surface area contributed by atoms with Gasteiger partial charge < -0.3 is 14.2 Å². The summed E-state index contributed by atoms with van der Waals surface area (Å²) in [5.74, 6) is 1.99. The highest BCUT2D eigenvalue weighted by Gasteiger charge is 2.15. The van der Waals surface area contributed by atoms with Crippen LogP contribution < -0.4 is 14.2 Å². The fourth-order valence-corrected chi connectivity index (χ4v) is 2.23. The summed E-state index contributed by atoms with van der Waals surface area (Å²) >= 11 is 0. The van der Waals surface area contributed by atoms with E-state index in [0.29, 0.717) is 5.82 Å². The minimum absolute atomic E-state index is 0.0286. The molecule has 0 bridgehead atoms. The molecule has 0 atom stereocenters. The van der Waals surface area contributed by atoms with E-state index in [1.165, 1.54) is 0 Å². The Morgan fingerprint density at radius 2 is 1.50 bits per heavy atom. The zero-order valence-electron chi connectivity index (χ0n) is 13.3. The fraction of sp³-hybridized carbons (Fsp3) is 0.176. The molecule has 7 heteroatoms. The van der Waals surface area contributed by atoms with Crippen LogP contribution in [-0.2, 0) is 0 Å². The molecule has 0 saturated carbocycles. The molecule has 3 aromatic rings. The molecule has 0 saturated heterocycles. The Morgan fingerprint density at radius 3 is 2.04 bits per heavy atom. The molecule has 0 N–H and O–H groups in total. The number of hydrogen-bond acceptors (Lipinski definition) is 5. The second kappa shape index (κ2) is 6.99. The number of rotatable bonds is 6. The van der Waals surface area contributed by atoms with Crippen LogP contribution >= 0.6 is 0 Å². The molecule has 0 spiro atoms. The Morgan fingerprint density at radius 1 is 0.917 bits per heavy atom. The van der Waals surface area contributed by atoms with Crippen molar-refractivity contribution in [2.24, 2.45) is 0 Å². The highest BCUT2D eigenvalue weighted by atomic mass is 19.1. The van der Waals surface area contributed by atoms with E-state index in [2.05, 4.69) is 10.1 Å². The summed E-state index contributed by atoms with van der Waals surface area (Å²) in [6, 6.07) is 14.6. The average Bonchev–Trinajstić information content (AvgIpc) is 3.06. The molecule has 6 nitrogen and oxygen atoms in total. The molecule has 0 unspecified atom stereocenters. The van der Waals surface area contributed by atoms with Gasteiger partial charge in [0.1, 0.15) is 11.5 Å². The van der Waals surface area contributed by atoms with Gasteiger partial charge in [0.05, 0.1) is 19.9 Å². The first-order valence-electron chi connectivity index (χ1n) is 7.20. The van der Waals surface area contributed by atoms with Crippen LogP contribution in [0.4, 0.5) is 4.39 Å². The number of halogens is 1. The standard InChI is InChI=1S/C17H16FN3O3/c1-22-14-7-3-12(4-8-14)16-19-17(24-11-18)20-21(16)13-5-9-15(23-2)10-6-13/h3-10H,11H2,1-2H3. The third kappa shape index (κ3) is 3.15. The molecule has 0 aliphatic carbocycles. The average molecular weight is 329 g/mol. The maximum Gasteiger partial charge on any atom is 0.338 e. The smallest absolute Gasteiger partial charge is 0.338 e. The first-order valence-corrected chi connectivity index (χ1v) is 7.20. The van der Waals surface area contributed by atoms with Gasteiger partial charge in [-0.1, -0.05) is 0 Å². The summed E-state index contributed by atoms with van der Waals surface area (Å²) < 4.78 is 29.2. The van der Waals surface area contributed by atoms with E-state index < -0.39 is 6.86 Å². The molecular weight excluding hydrogens is 313 g/mol. The van der Waals surface area contributed by atoms with Crippen molar-refractivity contribution in [2.75, 3.05) is 21.1 Å². The minimum Gasteiger partial charge on any atom is -0.497 e. The van der Waals surface area contributed by atoms with Crippen LogP contribution in [0, 0.1) is 0 Å². The van der Waals surface area contributed by atoms with Crippen molar-refractivity contribution >= 4 is 0 Å². The lowest BCUT2D eigenvalue weighted by molar-refractivity contribution is 0.177. The second-order valence-electron chi connectivity index (χ2n) is 4.81. The van der Waals surface area contributed by atoms with Gasteiger partial charge in [-0.3, -0.25) is 0 Å². The van der Waals surface area contributed by atoms with E-state index in [9.17, 15) is 4.39 Å². The molecule has 1 heterocycles. The highest BCUT2D eigenvalue weighted by Crippen LogP contribution is 2.26. The maximum absolute atomic E-state index is 12.5. The molecule has 1 aromatic heterocycles. The third-order valence-electron chi connectivity index (χ3n) is 3.44. The van der Waals surface area contributed by atoms with Gasteiger partial charge in [-0.2, -0.15) is 4.98 Å². The summed E-state index contributed by atoms with van der Waals surface area (Å²) in [6.07, 6.45) is 0. The molecule has 0 aliphatic rings. The number of hydrogen-bond donors (Lipinski definition) is 0. The number of ether oxygens (including phenoxy) is 3. The largest absolute Gasteiger partial charge is 0.497 e. The van der Waals surface area contributed by atoms with Gasteiger partial charge in [-0.15, -0.1) is 5.10 Å². The van der Waals surface area contributed by atoms with Crippen LogP contribution in [0.3, 0.4) is 0 Å². The van der Waals surface area contributed by atoms with Crippen LogP contribution in [0.15, 0.2) is 48.5 Å². The topological polar surface area (TPSA) is 58.4 Å². The van der Waals surface area contributed by atoms with E-state index in [-0.39, 0.29) is 6.01 Å². The molecule has 0 aliphatic heterocycles. The van der Waals surface area contributed by atoms with Gasteiger partial charge in [0.25, 0.3) is 0 Å². The van der Waals surface area contributed by atoms with Crippen molar-refractivity contribution in [1.29, 1.82) is 0 Å². The SMILES string of the molecule is COc1ccc(-c2nc(OCF)nn2-c2ccc(OC)cc2)cc1. The molecule has 0 radical (unpaired) electrons. The van der Waals surface area contributed by atoms with Crippen molar-refractivity contribution in [3.05, 3.63) is 48.5 Å². The van der Waals surface area contributed by atoms with Crippen molar-refractivity contribution in [1.82, 2.24) is 14.8 Å². The Labute approximate surface area is 138 Å². The first kappa shape index (κ1) is 15.8. The van der Waals surface area contributed by atoms with E-state index in [4.69, 9.17) is 14.2 Å². The third-order valence-corrected chi connectivity index (χ3v) is 3.44. The molecule has 0 amide bonds. The number of aromatic nitrogens is 3. The van der Waals surface area contributed by atoms with Gasteiger partial charge >= 0.3 is 6.01 Å². The van der Waals surface area contributed by atoms with Crippen molar-refractivity contribution in [3.63, 3.8) is 0 Å². The maximum atomic E-state index is 12.5. The van der Waals surface area contributed by atoms with E-state index >= 15 is 0 Å². The molecule has 24 heavy (non-hydrogen) atoms. The fourth-order valence-electron chi connectivity index (χ4n) is 2.23. The van der Waals surface area contributed by atoms with Crippen LogP contribution in [0.2, 0.25) is 0 Å². The van der Waals surface area contributed by atoms with E-state index in [0.717, 1.165) is 22.7 Å². The summed E-state index contributed by atoms with van der Waals surface area (Å²) in [4.78, 5) is 4.26. The summed E-state index contributed by atoms with van der Waals surface area (Å²) in [5.41, 5.74) is 1.55. The van der Waals surface area contributed by atoms with Crippen molar-refractivity contribution < 1.29 is 18.6 Å². The number of alkyl halides is 1.